The number of ketones is 1. The van der Waals surface area contributed by atoms with Gasteiger partial charge in [0.15, 0.2) is 0 Å². The van der Waals surface area contributed by atoms with Crippen LogP contribution in [-0.2, 0) is 34.8 Å². The molecule has 0 atom stereocenters. The van der Waals surface area contributed by atoms with Crippen molar-refractivity contribution in [3.8, 4) is 0 Å². The van der Waals surface area contributed by atoms with E-state index in [1.165, 1.54) is 0 Å². The highest BCUT2D eigenvalue weighted by atomic mass is 79.9. The van der Waals surface area contributed by atoms with Gasteiger partial charge in [-0.1, -0.05) is 56.1 Å². The van der Waals surface area contributed by atoms with E-state index in [1.807, 2.05) is 45.0 Å². The minimum atomic E-state index is -2.76. The first-order chi connectivity index (χ1) is 23.5. The topological polar surface area (TPSA) is 115 Å². The summed E-state index contributed by atoms with van der Waals surface area (Å²) in [5.74, 6) is -2.62. The summed E-state index contributed by atoms with van der Waals surface area (Å²) in [7, 11) is 5.48. The minimum absolute atomic E-state index is 0.143. The van der Waals surface area contributed by atoms with Gasteiger partial charge in [-0.25, -0.2) is 18.4 Å². The zero-order valence-corrected chi connectivity index (χ0v) is 34.3. The summed E-state index contributed by atoms with van der Waals surface area (Å²) in [6.45, 7) is 14.2. The van der Waals surface area contributed by atoms with Crippen LogP contribution in [0.4, 0.5) is 18.4 Å². The Morgan fingerprint density at radius 3 is 1.39 bits per heavy atom. The average Bonchev–Trinajstić information content (AvgIpc) is 2.96. The minimum Gasteiger partial charge on any atom is -0.444 e. The molecule has 2 fully saturated rings. The van der Waals surface area contributed by atoms with Crippen molar-refractivity contribution in [3.63, 3.8) is 0 Å². The van der Waals surface area contributed by atoms with Gasteiger partial charge in [0.2, 0.25) is 0 Å². The van der Waals surface area contributed by atoms with Gasteiger partial charge in [0.1, 0.15) is 17.0 Å². The number of nitrogens with one attached hydrogen (secondary N) is 2. The molecule has 2 saturated carbocycles. The molecule has 2 N–H and O–H groups in total. The van der Waals surface area contributed by atoms with Crippen molar-refractivity contribution in [3.05, 3.63) is 68.6 Å². The predicted octanol–water partition coefficient (Wildman–Crippen LogP) is 8.34. The van der Waals surface area contributed by atoms with Crippen LogP contribution in [0.15, 0.2) is 57.5 Å². The Balaban J connectivity index is 0.000000283. The number of carbonyl (C=O) groups excluding carboxylic acids is 3. The third kappa shape index (κ3) is 15.5. The molecule has 14 heteroatoms. The Morgan fingerprint density at radius 2 is 1.08 bits per heavy atom. The van der Waals surface area contributed by atoms with Gasteiger partial charge in [0.05, 0.1) is 24.3 Å². The van der Waals surface area contributed by atoms with Crippen LogP contribution < -0.4 is 10.6 Å². The standard InChI is InChI=1S/C15H18BrF2NO2.C15H18BrNO3.C7H17NO2/c1-13(2,3)21-12(20)19-14(8-15(17,18)9-14)10-4-6-11(16)7-5-10;1-14(2,3)20-13(19)17-15(8-12(18)9-15)10-4-6-11(16)7-5-10;1-8(4-6-9-2)5-7-10-3/h4-7H,8-9H2,1-3H3,(H,19,20);4-7H,8-9H2,1-3H3,(H,17,19);4-7H2,1-3H3. The summed E-state index contributed by atoms with van der Waals surface area (Å²) >= 11 is 6.68. The molecule has 0 radical (unpaired) electrons. The fraction of sp³-hybridized carbons (Fsp3) is 0.595. The summed E-state index contributed by atoms with van der Waals surface area (Å²) in [5, 5.41) is 5.48. The van der Waals surface area contributed by atoms with Crippen LogP contribution in [0.1, 0.15) is 78.4 Å². The molecule has 286 valence electrons. The number of amides is 2. The zero-order chi connectivity index (χ0) is 38.7. The summed E-state index contributed by atoms with van der Waals surface area (Å²) in [6.07, 6.45) is -1.38. The molecule has 0 heterocycles. The maximum atomic E-state index is 13.4. The number of Topliss-reactive ketones (excluding diaryl/α,β-unsaturated/α-hetero) is 1. The number of halogens is 4. The van der Waals surface area contributed by atoms with Crippen molar-refractivity contribution in [2.75, 3.05) is 47.6 Å². The van der Waals surface area contributed by atoms with Gasteiger partial charge in [0, 0.05) is 61.9 Å². The number of carbonyl (C=O) groups is 3. The summed E-state index contributed by atoms with van der Waals surface area (Å²) in [5.41, 5.74) is -1.34. The van der Waals surface area contributed by atoms with Crippen molar-refractivity contribution in [1.82, 2.24) is 15.5 Å². The fourth-order valence-corrected chi connectivity index (χ4v) is 5.85. The lowest BCUT2D eigenvalue weighted by atomic mass is 9.69. The molecule has 0 bridgehead atoms. The highest BCUT2D eigenvalue weighted by molar-refractivity contribution is 9.10. The van der Waals surface area contributed by atoms with Gasteiger partial charge in [-0.15, -0.1) is 0 Å². The third-order valence-corrected chi connectivity index (χ3v) is 8.80. The molecular formula is C37H53Br2F2N3O7. The molecule has 2 aliphatic rings. The number of ether oxygens (including phenoxy) is 4. The normalized spacial score (nSPS) is 16.9. The Kier molecular flexibility index (Phi) is 16.5. The van der Waals surface area contributed by atoms with Crippen molar-refractivity contribution in [2.24, 2.45) is 0 Å². The number of alkyl halides is 2. The lowest BCUT2D eigenvalue weighted by Crippen LogP contribution is -2.60. The molecule has 2 aromatic rings. The Morgan fingerprint density at radius 1 is 0.725 bits per heavy atom. The van der Waals surface area contributed by atoms with Crippen molar-refractivity contribution in [1.29, 1.82) is 0 Å². The smallest absolute Gasteiger partial charge is 0.408 e. The molecule has 0 unspecified atom stereocenters. The highest BCUT2D eigenvalue weighted by Crippen LogP contribution is 2.52. The molecule has 0 spiro atoms. The highest BCUT2D eigenvalue weighted by Gasteiger charge is 2.58. The van der Waals surface area contributed by atoms with Crippen molar-refractivity contribution < 1.29 is 42.1 Å². The summed E-state index contributed by atoms with van der Waals surface area (Å²) < 4.78 is 48.9. The lowest BCUT2D eigenvalue weighted by molar-refractivity contribution is -0.136. The number of alkyl carbamates (subject to hydrolysis) is 2. The summed E-state index contributed by atoms with van der Waals surface area (Å²) in [4.78, 5) is 37.5. The van der Waals surface area contributed by atoms with Crippen LogP contribution in [0.5, 0.6) is 0 Å². The quantitative estimate of drug-likeness (QED) is 0.245. The molecule has 51 heavy (non-hydrogen) atoms. The van der Waals surface area contributed by atoms with Gasteiger partial charge in [-0.05, 0) is 84.0 Å². The van der Waals surface area contributed by atoms with E-state index in [4.69, 9.17) is 18.9 Å². The largest absolute Gasteiger partial charge is 0.444 e. The fourth-order valence-electron chi connectivity index (χ4n) is 5.32. The van der Waals surface area contributed by atoms with E-state index in [0.717, 1.165) is 40.8 Å². The van der Waals surface area contributed by atoms with E-state index in [-0.39, 0.29) is 5.78 Å². The van der Waals surface area contributed by atoms with E-state index < -0.39 is 53.2 Å². The molecule has 2 aliphatic carbocycles. The number of nitrogens with zero attached hydrogens (tertiary/aromatic N) is 1. The van der Waals surface area contributed by atoms with Gasteiger partial charge in [-0.2, -0.15) is 0 Å². The molecule has 2 amide bonds. The molecule has 2 aromatic carbocycles. The Labute approximate surface area is 317 Å². The SMILES string of the molecule is CC(C)(C)OC(=O)NC1(c2ccc(Br)cc2)CC(=O)C1.CC(C)(C)OC(=O)NC1(c2ccc(Br)cc2)CC(F)(F)C1.COCCN(C)CCOC. The van der Waals surface area contributed by atoms with Crippen LogP contribution in [0.2, 0.25) is 0 Å². The van der Waals surface area contributed by atoms with E-state index in [2.05, 4.69) is 54.4 Å². The second-order valence-electron chi connectivity index (χ2n) is 14.8. The maximum Gasteiger partial charge on any atom is 0.408 e. The van der Waals surface area contributed by atoms with Gasteiger partial charge in [-0.3, -0.25) is 4.79 Å². The Bertz CT molecular complexity index is 1410. The predicted molar refractivity (Wildman–Crippen MR) is 200 cm³/mol. The molecule has 10 nitrogen and oxygen atoms in total. The van der Waals surface area contributed by atoms with Crippen LogP contribution in [0, 0.1) is 0 Å². The zero-order valence-electron chi connectivity index (χ0n) is 31.1. The van der Waals surface area contributed by atoms with Crippen LogP contribution in [0.3, 0.4) is 0 Å². The van der Waals surface area contributed by atoms with E-state index >= 15 is 0 Å². The number of hydrogen-bond donors (Lipinski definition) is 2. The molecule has 0 aromatic heterocycles. The van der Waals surface area contributed by atoms with Crippen LogP contribution in [0.25, 0.3) is 0 Å². The lowest BCUT2D eigenvalue weighted by Gasteiger charge is -2.48. The van der Waals surface area contributed by atoms with Gasteiger partial charge >= 0.3 is 12.2 Å². The molecule has 4 rings (SSSR count). The molecule has 0 aliphatic heterocycles. The first-order valence-electron chi connectivity index (χ1n) is 16.6. The van der Waals surface area contributed by atoms with Crippen molar-refractivity contribution >= 4 is 49.8 Å². The monoisotopic (exact) mass is 847 g/mol. The second-order valence-corrected chi connectivity index (χ2v) is 16.7. The van der Waals surface area contributed by atoms with Gasteiger partial charge < -0.3 is 34.5 Å². The average molecular weight is 850 g/mol. The number of rotatable bonds is 10. The molecular weight excluding hydrogens is 796 g/mol. The van der Waals surface area contributed by atoms with E-state index in [9.17, 15) is 23.2 Å². The summed E-state index contributed by atoms with van der Waals surface area (Å²) in [6, 6.07) is 14.6. The third-order valence-electron chi connectivity index (χ3n) is 7.75. The van der Waals surface area contributed by atoms with E-state index in [0.29, 0.717) is 18.4 Å². The van der Waals surface area contributed by atoms with Crippen LogP contribution >= 0.6 is 31.9 Å². The Hall–Kier alpha value is -2.65. The second kappa shape index (κ2) is 18.9. The number of hydrogen-bond acceptors (Lipinski definition) is 8. The number of benzene rings is 2. The van der Waals surface area contributed by atoms with Crippen molar-refractivity contribution in [2.45, 2.75) is 95.4 Å². The maximum absolute atomic E-state index is 13.4. The number of likely N-dealkylation sites (N-methyl/N-ethyl adjacent to an activating group) is 1. The van der Waals surface area contributed by atoms with Gasteiger partial charge in [0.25, 0.3) is 5.92 Å². The first-order valence-corrected chi connectivity index (χ1v) is 18.2. The first kappa shape index (κ1) is 44.5. The molecule has 0 saturated heterocycles. The van der Waals surface area contributed by atoms with Crippen LogP contribution in [-0.4, -0.2) is 87.6 Å². The number of methoxy groups -OCH3 is 2. The van der Waals surface area contributed by atoms with E-state index in [1.54, 1.807) is 59.3 Å².